The van der Waals surface area contributed by atoms with Gasteiger partial charge in [-0.15, -0.1) is 0 Å². The van der Waals surface area contributed by atoms with Crippen molar-refractivity contribution in [2.45, 2.75) is 247 Å². The van der Waals surface area contributed by atoms with Crippen LogP contribution >= 0.6 is 0 Å². The number of carbonyl (C=O) groups is 12. The maximum atomic E-state index is 13.8. The molecular formula is C82H136N10O27S2. The van der Waals surface area contributed by atoms with E-state index in [0.717, 1.165) is 11.1 Å². The number of hydrogen-bond acceptors (Lipinski definition) is 31. The van der Waals surface area contributed by atoms with Gasteiger partial charge in [-0.1, -0.05) is 60.7 Å². The monoisotopic (exact) mass is 1760 g/mol. The minimum absolute atomic E-state index is 0.00431. The first-order valence-electron chi connectivity index (χ1n) is 40.5. The van der Waals surface area contributed by atoms with Crippen LogP contribution in [0.1, 0.15) is 187 Å². The molecule has 0 aromatic heterocycles. The molecule has 2 heterocycles. The van der Waals surface area contributed by atoms with Crippen molar-refractivity contribution < 1.29 is 126 Å². The molecule has 39 heteroatoms. The zero-order valence-electron chi connectivity index (χ0n) is 74.0. The number of carbonyl (C=O) groups excluding carboxylic acids is 11. The number of rotatable bonds is 37. The first kappa shape index (κ1) is 109. The number of carboxylic acids is 1. The SMILES string of the molecule is CC(C)(C)OC(=O)CN1CCN(CC(=O)OC(C)(C)C)CCN(C(CCC(=O)N[C@@H](CS(=O)(=O)O)C(=O)CCCNC(=O)OCc2ccccc2)C(=O)OC(C)(C)C)CC1.CC(C)(C)OC(=O)CN1CCN(CC(=O)OC(C)(C)C)CCN(C(CCC(=O)O)C(=O)OC(C)(C)C)CC1.N[C@@H](CS(=O)(=O)O)C(=O)CCCNC(=O)OCc1ccccc1. The van der Waals surface area contributed by atoms with Crippen LogP contribution in [0, 0.1) is 0 Å². The van der Waals surface area contributed by atoms with Gasteiger partial charge in [0, 0.05) is 117 Å². The highest BCUT2D eigenvalue weighted by Gasteiger charge is 2.37. The lowest BCUT2D eigenvalue weighted by Gasteiger charge is -2.34. The van der Waals surface area contributed by atoms with Gasteiger partial charge in [-0.25, -0.2) is 9.59 Å². The summed E-state index contributed by atoms with van der Waals surface area (Å²) in [6.45, 7) is 36.9. The Kier molecular flexibility index (Phi) is 46.4. The van der Waals surface area contributed by atoms with Crippen LogP contribution in [0.5, 0.6) is 0 Å². The Bertz CT molecular complexity index is 3770. The van der Waals surface area contributed by atoms with Crippen LogP contribution in [-0.2, 0) is 119 Å². The van der Waals surface area contributed by atoms with Gasteiger partial charge in [0.2, 0.25) is 5.91 Å². The Labute approximate surface area is 713 Å². The molecule has 0 spiro atoms. The molecule has 8 N–H and O–H groups in total. The van der Waals surface area contributed by atoms with Gasteiger partial charge in [-0.05, 0) is 161 Å². The number of aliphatic carboxylic acids is 1. The molecule has 3 amide bonds. The van der Waals surface area contributed by atoms with Gasteiger partial charge in [0.1, 0.15) is 70.7 Å². The summed E-state index contributed by atoms with van der Waals surface area (Å²) in [7, 11) is -9.00. The van der Waals surface area contributed by atoms with Gasteiger partial charge in [-0.3, -0.25) is 86.5 Å². The first-order chi connectivity index (χ1) is 55.7. The molecule has 4 atom stereocenters. The van der Waals surface area contributed by atoms with Crippen molar-refractivity contribution in [3.63, 3.8) is 0 Å². The summed E-state index contributed by atoms with van der Waals surface area (Å²) in [5.74, 6) is -7.57. The Morgan fingerprint density at radius 2 is 0.694 bits per heavy atom. The number of ketones is 2. The fraction of sp³-hybridized carbons (Fsp3) is 0.707. The molecule has 0 bridgehead atoms. The molecule has 2 aromatic rings. The van der Waals surface area contributed by atoms with E-state index < -0.39 is 149 Å². The van der Waals surface area contributed by atoms with E-state index in [-0.39, 0.29) is 122 Å². The first-order valence-corrected chi connectivity index (χ1v) is 43.7. The Morgan fingerprint density at radius 3 is 0.983 bits per heavy atom. The van der Waals surface area contributed by atoms with E-state index in [2.05, 4.69) is 16.0 Å². The van der Waals surface area contributed by atoms with Gasteiger partial charge >= 0.3 is 54.0 Å². The molecular weight excluding hydrogens is 1620 g/mol. The van der Waals surface area contributed by atoms with Crippen molar-refractivity contribution in [3.05, 3.63) is 71.8 Å². The highest BCUT2D eigenvalue weighted by Crippen LogP contribution is 2.22. The van der Waals surface area contributed by atoms with E-state index in [1.807, 2.05) is 107 Å². The van der Waals surface area contributed by atoms with Crippen LogP contribution in [0.2, 0.25) is 0 Å². The van der Waals surface area contributed by atoms with Crippen molar-refractivity contribution in [1.29, 1.82) is 0 Å². The lowest BCUT2D eigenvalue weighted by molar-refractivity contribution is -0.163. The van der Waals surface area contributed by atoms with Gasteiger partial charge in [0.25, 0.3) is 20.2 Å². The highest BCUT2D eigenvalue weighted by atomic mass is 32.2. The zero-order valence-corrected chi connectivity index (χ0v) is 75.6. The molecule has 0 aliphatic carbocycles. The summed E-state index contributed by atoms with van der Waals surface area (Å²) in [5.41, 5.74) is 2.69. The van der Waals surface area contributed by atoms with Gasteiger partial charge < -0.3 is 64.7 Å². The van der Waals surface area contributed by atoms with Gasteiger partial charge in [-0.2, -0.15) is 16.8 Å². The number of nitrogens with zero attached hydrogens (tertiary/aromatic N) is 6. The highest BCUT2D eigenvalue weighted by molar-refractivity contribution is 7.86. The number of benzene rings is 2. The Hall–Kier alpha value is -8.38. The second kappa shape index (κ2) is 51.6. The largest absolute Gasteiger partial charge is 0.481 e. The summed E-state index contributed by atoms with van der Waals surface area (Å²) >= 11 is 0. The van der Waals surface area contributed by atoms with Crippen LogP contribution in [-0.4, -0.2) is 319 Å². The minimum atomic E-state index is -4.72. The number of esters is 6. The van der Waals surface area contributed by atoms with Crippen molar-refractivity contribution >= 4 is 91.7 Å². The van der Waals surface area contributed by atoms with Crippen molar-refractivity contribution in [2.24, 2.45) is 5.73 Å². The Balaban J connectivity index is 0.000000688. The summed E-state index contributed by atoms with van der Waals surface area (Å²) in [6, 6.07) is 13.5. The summed E-state index contributed by atoms with van der Waals surface area (Å²) in [5, 5.41) is 16.7. The molecule has 0 radical (unpaired) electrons. The molecule has 37 nitrogen and oxygen atoms in total. The third kappa shape index (κ3) is 55.4. The molecule has 688 valence electrons. The molecule has 2 aromatic carbocycles. The molecule has 0 saturated carbocycles. The molecule has 2 saturated heterocycles. The smallest absolute Gasteiger partial charge is 0.407 e. The predicted molar refractivity (Wildman–Crippen MR) is 448 cm³/mol. The van der Waals surface area contributed by atoms with Crippen molar-refractivity contribution in [1.82, 2.24) is 45.3 Å². The summed E-state index contributed by atoms with van der Waals surface area (Å²) in [6.07, 6.45) is -1.75. The zero-order chi connectivity index (χ0) is 91.9. The quantitative estimate of drug-likeness (QED) is 0.0193. The topological polar surface area (TPSA) is 489 Å². The van der Waals surface area contributed by atoms with Crippen LogP contribution in [0.4, 0.5) is 9.59 Å². The Morgan fingerprint density at radius 1 is 0.405 bits per heavy atom. The maximum Gasteiger partial charge on any atom is 0.407 e. The van der Waals surface area contributed by atoms with E-state index in [4.69, 9.17) is 48.2 Å². The second-order valence-electron chi connectivity index (χ2n) is 35.4. The van der Waals surface area contributed by atoms with Crippen molar-refractivity contribution in [2.75, 3.05) is 129 Å². The third-order valence-electron chi connectivity index (χ3n) is 17.0. The number of amides is 3. The summed E-state index contributed by atoms with van der Waals surface area (Å²) < 4.78 is 107. The van der Waals surface area contributed by atoms with Gasteiger partial charge in [0.15, 0.2) is 11.6 Å². The second-order valence-corrected chi connectivity index (χ2v) is 38.4. The maximum absolute atomic E-state index is 13.8. The average Bonchev–Trinajstić information content (AvgIpc) is 1.82. The minimum Gasteiger partial charge on any atom is -0.481 e. The number of ether oxygens (including phenoxy) is 8. The number of nitrogens with one attached hydrogen (secondary N) is 3. The number of hydrogen-bond donors (Lipinski definition) is 7. The number of Topliss-reactive ketones (excluding diaryl/α,β-unsaturated/α-hetero) is 2. The van der Waals surface area contributed by atoms with Gasteiger partial charge in [0.05, 0.1) is 38.0 Å². The van der Waals surface area contributed by atoms with Crippen LogP contribution < -0.4 is 21.7 Å². The van der Waals surface area contributed by atoms with E-state index in [1.54, 1.807) is 107 Å². The average molecular weight is 1760 g/mol. The molecule has 121 heavy (non-hydrogen) atoms. The lowest BCUT2D eigenvalue weighted by Crippen LogP contribution is -2.50. The number of alkyl carbamates (subject to hydrolysis) is 2. The number of carboxylic acid groups (broad SMARTS) is 1. The normalized spacial score (nSPS) is 16.1. The molecule has 4 rings (SSSR count). The molecule has 2 unspecified atom stereocenters. The fourth-order valence-corrected chi connectivity index (χ4v) is 13.1. The molecule has 2 fully saturated rings. The lowest BCUT2D eigenvalue weighted by atomic mass is 10.1. The summed E-state index contributed by atoms with van der Waals surface area (Å²) in [4.78, 5) is 162. The molecule has 2 aliphatic rings. The fourth-order valence-electron chi connectivity index (χ4n) is 11.8. The van der Waals surface area contributed by atoms with Crippen molar-refractivity contribution in [3.8, 4) is 0 Å². The van der Waals surface area contributed by atoms with Crippen LogP contribution in [0.3, 0.4) is 0 Å². The standard InChI is InChI=1S/C41H67N5O13S.C27H49N3O8.C14H20N2O6S/c1-39(2,3)57-35(49)26-44-20-21-45(27-36(50)58-40(4,5)6)23-25-46(24-22-44)32(37(51)59-41(7,8)9)17-18-34(48)43-31(29-60(53,54)55)33(47)16-13-19-42-38(52)56-28-30-14-11-10-12-15-30;1-25(2,3)36-22(33)18-28-12-13-29(19-23(34)37-26(4,5)6)15-17-30(16-14-28)20(10-11-21(31)32)24(35)38-27(7,8)9;15-12(10-23(19,20)21)13(17)7-4-8-16-14(18)22-9-11-5-2-1-3-6-11/h10-12,14-15,31-32H,13,16-29H2,1-9H3,(H,42,52)(H,43,48)(H,53,54,55);20H,10-19H2,1-9H3,(H,31,32);1-3,5-6,12H,4,7-10,15H2,(H,16,18)(H,19,20,21)/t31-,32?;;12-/m0.0/s1. The van der Waals surface area contributed by atoms with Crippen LogP contribution in [0.15, 0.2) is 60.7 Å². The predicted octanol–water partition coefficient (Wildman–Crippen LogP) is 5.37. The van der Waals surface area contributed by atoms with E-state index in [0.29, 0.717) is 71.9 Å². The third-order valence-corrected chi connectivity index (χ3v) is 18.5. The van der Waals surface area contributed by atoms with E-state index in [9.17, 15) is 84.0 Å². The van der Waals surface area contributed by atoms with E-state index >= 15 is 0 Å². The number of nitrogens with two attached hydrogens (primary N) is 1. The van der Waals surface area contributed by atoms with E-state index in [1.165, 1.54) is 0 Å². The van der Waals surface area contributed by atoms with Crippen LogP contribution in [0.25, 0.3) is 0 Å². The molecule has 2 aliphatic heterocycles.